The number of benzene rings is 2. The van der Waals surface area contributed by atoms with Crippen molar-refractivity contribution in [2.24, 2.45) is 0 Å². The second-order valence-electron chi connectivity index (χ2n) is 6.25. The Kier molecular flexibility index (Phi) is 4.26. The monoisotopic (exact) mass is 370 g/mol. The maximum atomic E-state index is 13.3. The van der Waals surface area contributed by atoms with Crippen LogP contribution < -0.4 is 4.74 Å². The topological polar surface area (TPSA) is 91.8 Å². The maximum absolute atomic E-state index is 13.3. The van der Waals surface area contributed by atoms with E-state index in [1.54, 1.807) is 30.3 Å². The Morgan fingerprint density at radius 3 is 2.71 bits per heavy atom. The Hall–Kier alpha value is -4.11. The molecule has 0 saturated heterocycles. The van der Waals surface area contributed by atoms with E-state index in [0.717, 1.165) is 10.9 Å². The summed E-state index contributed by atoms with van der Waals surface area (Å²) in [6.45, 7) is -0.492. The number of carboxylic acids is 1. The molecule has 0 unspecified atom stereocenters. The van der Waals surface area contributed by atoms with Gasteiger partial charge in [-0.25, -0.2) is 4.79 Å². The van der Waals surface area contributed by atoms with E-state index in [1.165, 1.54) is 6.07 Å². The van der Waals surface area contributed by atoms with Crippen molar-refractivity contribution in [3.05, 3.63) is 83.6 Å². The molecule has 0 radical (unpaired) electrons. The summed E-state index contributed by atoms with van der Waals surface area (Å²) in [5.41, 5.74) is 2.78. The molecule has 4 aromatic rings. The molecule has 0 amide bonds. The molecule has 6 heteroatoms. The van der Waals surface area contributed by atoms with Crippen molar-refractivity contribution in [3.63, 3.8) is 0 Å². The van der Waals surface area contributed by atoms with Crippen molar-refractivity contribution in [2.45, 2.75) is 0 Å². The second-order valence-corrected chi connectivity index (χ2v) is 6.25. The number of hydrogen-bond acceptors (Lipinski definition) is 4. The highest BCUT2D eigenvalue weighted by Crippen LogP contribution is 2.26. The first kappa shape index (κ1) is 17.3. The number of ether oxygens (including phenoxy) is 1. The summed E-state index contributed by atoms with van der Waals surface area (Å²) in [5, 5.41) is 18.9. The SMILES string of the molecule is N#Cc1cc(C(=O)c2cccc(OCC(=O)O)c2)c2c(ccc3cccn32)c1. The first-order valence-corrected chi connectivity index (χ1v) is 8.50. The third kappa shape index (κ3) is 3.06. The molecule has 0 atom stereocenters. The molecule has 2 heterocycles. The van der Waals surface area contributed by atoms with Crippen LogP contribution in [0.25, 0.3) is 16.4 Å². The van der Waals surface area contributed by atoms with E-state index in [1.807, 2.05) is 34.9 Å². The van der Waals surface area contributed by atoms with E-state index in [0.29, 0.717) is 28.0 Å². The van der Waals surface area contributed by atoms with Gasteiger partial charge < -0.3 is 14.2 Å². The van der Waals surface area contributed by atoms with Crippen molar-refractivity contribution < 1.29 is 19.4 Å². The van der Waals surface area contributed by atoms with E-state index in [9.17, 15) is 14.9 Å². The van der Waals surface area contributed by atoms with Crippen LogP contribution in [0.1, 0.15) is 21.5 Å². The van der Waals surface area contributed by atoms with Crippen LogP contribution in [0.5, 0.6) is 5.75 Å². The molecular weight excluding hydrogens is 356 g/mol. The number of carboxylic acid groups (broad SMARTS) is 1. The van der Waals surface area contributed by atoms with Gasteiger partial charge in [0.25, 0.3) is 0 Å². The Morgan fingerprint density at radius 2 is 1.93 bits per heavy atom. The fourth-order valence-corrected chi connectivity index (χ4v) is 3.23. The fraction of sp³-hybridized carbons (Fsp3) is 0.0455. The van der Waals surface area contributed by atoms with Gasteiger partial charge in [-0.2, -0.15) is 5.26 Å². The zero-order valence-corrected chi connectivity index (χ0v) is 14.6. The summed E-state index contributed by atoms with van der Waals surface area (Å²) >= 11 is 0. The van der Waals surface area contributed by atoms with Crippen LogP contribution in [0.3, 0.4) is 0 Å². The van der Waals surface area contributed by atoms with Gasteiger partial charge in [-0.3, -0.25) is 4.79 Å². The molecule has 0 aliphatic rings. The zero-order valence-electron chi connectivity index (χ0n) is 14.6. The van der Waals surface area contributed by atoms with Gasteiger partial charge in [0.2, 0.25) is 0 Å². The second kappa shape index (κ2) is 6.89. The van der Waals surface area contributed by atoms with Gasteiger partial charge in [-0.05, 0) is 42.5 Å². The number of nitriles is 1. The van der Waals surface area contributed by atoms with Crippen LogP contribution in [0, 0.1) is 11.3 Å². The Balaban J connectivity index is 1.87. The lowest BCUT2D eigenvalue weighted by Gasteiger charge is -2.11. The molecule has 0 bridgehead atoms. The van der Waals surface area contributed by atoms with Gasteiger partial charge in [0, 0.05) is 28.2 Å². The van der Waals surface area contributed by atoms with Crippen molar-refractivity contribution in [2.75, 3.05) is 6.61 Å². The van der Waals surface area contributed by atoms with Crippen LogP contribution >= 0.6 is 0 Å². The molecule has 1 N–H and O–H groups in total. The van der Waals surface area contributed by atoms with Crippen LogP contribution in [-0.4, -0.2) is 27.9 Å². The molecule has 136 valence electrons. The lowest BCUT2D eigenvalue weighted by atomic mass is 9.97. The number of aromatic nitrogens is 1. The minimum Gasteiger partial charge on any atom is -0.482 e. The smallest absolute Gasteiger partial charge is 0.341 e. The van der Waals surface area contributed by atoms with Gasteiger partial charge in [-0.15, -0.1) is 0 Å². The lowest BCUT2D eigenvalue weighted by Crippen LogP contribution is -2.10. The molecule has 4 rings (SSSR count). The summed E-state index contributed by atoms with van der Waals surface area (Å²) in [7, 11) is 0. The summed E-state index contributed by atoms with van der Waals surface area (Å²) in [6, 6.07) is 19.4. The molecular formula is C22H14N2O4. The molecule has 28 heavy (non-hydrogen) atoms. The number of nitrogens with zero attached hydrogens (tertiary/aromatic N) is 2. The predicted molar refractivity (Wildman–Crippen MR) is 103 cm³/mol. The first-order chi connectivity index (χ1) is 13.6. The van der Waals surface area contributed by atoms with E-state index in [4.69, 9.17) is 9.84 Å². The Labute approximate surface area is 159 Å². The highest BCUT2D eigenvalue weighted by molar-refractivity contribution is 6.16. The fourth-order valence-electron chi connectivity index (χ4n) is 3.23. The molecule has 2 aromatic carbocycles. The number of rotatable bonds is 5. The van der Waals surface area contributed by atoms with Crippen LogP contribution in [0.2, 0.25) is 0 Å². The van der Waals surface area contributed by atoms with Gasteiger partial charge in [0.15, 0.2) is 12.4 Å². The first-order valence-electron chi connectivity index (χ1n) is 8.50. The minimum absolute atomic E-state index is 0.274. The average molecular weight is 370 g/mol. The molecule has 2 aromatic heterocycles. The van der Waals surface area contributed by atoms with Crippen LogP contribution in [0.15, 0.2) is 66.9 Å². The van der Waals surface area contributed by atoms with Crippen LogP contribution in [0.4, 0.5) is 0 Å². The number of carbonyl (C=O) groups is 2. The maximum Gasteiger partial charge on any atom is 0.341 e. The molecule has 0 aliphatic heterocycles. The van der Waals surface area contributed by atoms with Gasteiger partial charge in [0.05, 0.1) is 17.1 Å². The Morgan fingerprint density at radius 1 is 1.07 bits per heavy atom. The quantitative estimate of drug-likeness (QED) is 0.541. The highest BCUT2D eigenvalue weighted by atomic mass is 16.5. The van der Waals surface area contributed by atoms with Crippen molar-refractivity contribution in [3.8, 4) is 11.8 Å². The third-order valence-electron chi connectivity index (χ3n) is 4.43. The molecule has 0 spiro atoms. The standard InChI is InChI=1S/C22H14N2O4/c23-12-14-9-15-6-7-17-4-2-8-24(17)21(15)19(10-14)22(27)16-3-1-5-18(11-16)28-13-20(25)26/h1-11H,13H2,(H,25,26). The average Bonchev–Trinajstić information content (AvgIpc) is 3.20. The highest BCUT2D eigenvalue weighted by Gasteiger charge is 2.17. The van der Waals surface area contributed by atoms with Crippen LogP contribution in [-0.2, 0) is 4.79 Å². The van der Waals surface area contributed by atoms with E-state index in [2.05, 4.69) is 6.07 Å². The predicted octanol–water partition coefficient (Wildman–Crippen LogP) is 3.66. The number of aliphatic carboxylic acids is 1. The lowest BCUT2D eigenvalue weighted by molar-refractivity contribution is -0.139. The number of pyridine rings is 1. The number of hydrogen-bond donors (Lipinski definition) is 1. The van der Waals surface area contributed by atoms with Gasteiger partial charge in [-0.1, -0.05) is 18.2 Å². The molecule has 0 fully saturated rings. The van der Waals surface area contributed by atoms with E-state index < -0.39 is 12.6 Å². The Bertz CT molecular complexity index is 1280. The van der Waals surface area contributed by atoms with Gasteiger partial charge >= 0.3 is 5.97 Å². The largest absolute Gasteiger partial charge is 0.482 e. The molecule has 0 aliphatic carbocycles. The normalized spacial score (nSPS) is 10.7. The number of ketones is 1. The molecule has 0 saturated carbocycles. The van der Waals surface area contributed by atoms with E-state index >= 15 is 0 Å². The van der Waals surface area contributed by atoms with Crippen molar-refractivity contribution in [1.82, 2.24) is 4.40 Å². The summed E-state index contributed by atoms with van der Waals surface area (Å²) in [4.78, 5) is 24.0. The summed E-state index contributed by atoms with van der Waals surface area (Å²) < 4.78 is 7.09. The summed E-state index contributed by atoms with van der Waals surface area (Å²) in [5.74, 6) is -1.08. The van der Waals surface area contributed by atoms with Crippen molar-refractivity contribution >= 4 is 28.2 Å². The third-order valence-corrected chi connectivity index (χ3v) is 4.43. The number of carbonyl (C=O) groups excluding carboxylic acids is 1. The zero-order chi connectivity index (χ0) is 19.7. The van der Waals surface area contributed by atoms with Gasteiger partial charge in [0.1, 0.15) is 5.75 Å². The summed E-state index contributed by atoms with van der Waals surface area (Å²) in [6.07, 6.45) is 1.87. The number of fused-ring (bicyclic) bond motifs is 3. The van der Waals surface area contributed by atoms with E-state index in [-0.39, 0.29) is 5.78 Å². The van der Waals surface area contributed by atoms with Crippen molar-refractivity contribution in [1.29, 1.82) is 5.26 Å². The molecule has 6 nitrogen and oxygen atoms in total. The minimum atomic E-state index is -1.10.